The number of hydrogen-bond acceptors (Lipinski definition) is 2. The number of likely N-dealkylation sites (N-methyl/N-ethyl adjacent to an activating group) is 1. The molecule has 0 amide bonds. The van der Waals surface area contributed by atoms with Gasteiger partial charge < -0.3 is 10.0 Å². The first-order chi connectivity index (χ1) is 7.98. The van der Waals surface area contributed by atoms with E-state index in [-0.39, 0.29) is 6.04 Å². The average Bonchev–Trinajstić information content (AvgIpc) is 2.67. The van der Waals surface area contributed by atoms with Crippen LogP contribution in [0.15, 0.2) is 24.3 Å². The summed E-state index contributed by atoms with van der Waals surface area (Å²) in [7, 11) is 0. The maximum absolute atomic E-state index is 11.4. The SMILES string of the molecule is CCN1c2ccccc2CC1C(C)(C)C(=O)O. The molecule has 1 aliphatic rings. The van der Waals surface area contributed by atoms with Crippen molar-refractivity contribution in [3.05, 3.63) is 29.8 Å². The molecule has 0 saturated heterocycles. The van der Waals surface area contributed by atoms with Crippen molar-refractivity contribution in [2.45, 2.75) is 33.2 Å². The van der Waals surface area contributed by atoms with Crippen molar-refractivity contribution in [3.8, 4) is 0 Å². The molecule has 92 valence electrons. The van der Waals surface area contributed by atoms with E-state index in [1.807, 2.05) is 26.0 Å². The largest absolute Gasteiger partial charge is 0.481 e. The van der Waals surface area contributed by atoms with Crippen molar-refractivity contribution in [3.63, 3.8) is 0 Å². The minimum atomic E-state index is -0.728. The molecule has 3 nitrogen and oxygen atoms in total. The van der Waals surface area contributed by atoms with E-state index in [0.29, 0.717) is 0 Å². The number of carbonyl (C=O) groups is 1. The van der Waals surface area contributed by atoms with Crippen molar-refractivity contribution in [2.75, 3.05) is 11.4 Å². The van der Waals surface area contributed by atoms with E-state index in [9.17, 15) is 9.90 Å². The number of hydrogen-bond donors (Lipinski definition) is 1. The van der Waals surface area contributed by atoms with Crippen molar-refractivity contribution in [1.29, 1.82) is 0 Å². The standard InChI is InChI=1S/C14H19NO2/c1-4-15-11-8-6-5-7-10(11)9-12(15)14(2,3)13(16)17/h5-8,12H,4,9H2,1-3H3,(H,16,17). The Morgan fingerprint density at radius 2 is 2.12 bits per heavy atom. The second-order valence-electron chi connectivity index (χ2n) is 5.16. The molecule has 0 radical (unpaired) electrons. The lowest BCUT2D eigenvalue weighted by atomic mass is 9.82. The molecular weight excluding hydrogens is 214 g/mol. The number of para-hydroxylation sites is 1. The van der Waals surface area contributed by atoms with Crippen molar-refractivity contribution in [2.24, 2.45) is 5.41 Å². The van der Waals surface area contributed by atoms with Gasteiger partial charge in [-0.1, -0.05) is 18.2 Å². The second-order valence-corrected chi connectivity index (χ2v) is 5.16. The first-order valence-corrected chi connectivity index (χ1v) is 6.06. The topological polar surface area (TPSA) is 40.5 Å². The summed E-state index contributed by atoms with van der Waals surface area (Å²) in [6.45, 7) is 6.55. The molecule has 1 unspecified atom stereocenters. The lowest BCUT2D eigenvalue weighted by Gasteiger charge is -2.35. The van der Waals surface area contributed by atoms with Crippen LogP contribution in [0.4, 0.5) is 5.69 Å². The Labute approximate surface area is 102 Å². The molecule has 1 aromatic rings. The summed E-state index contributed by atoms with van der Waals surface area (Å²) < 4.78 is 0. The van der Waals surface area contributed by atoms with Crippen LogP contribution in [0.5, 0.6) is 0 Å². The predicted octanol–water partition coefficient (Wildman–Crippen LogP) is 2.55. The summed E-state index contributed by atoms with van der Waals surface area (Å²) in [6, 6.07) is 8.25. The number of fused-ring (bicyclic) bond motifs is 1. The fraction of sp³-hybridized carbons (Fsp3) is 0.500. The Morgan fingerprint density at radius 1 is 1.47 bits per heavy atom. The van der Waals surface area contributed by atoms with Gasteiger partial charge >= 0.3 is 5.97 Å². The van der Waals surface area contributed by atoms with Gasteiger partial charge in [0.25, 0.3) is 0 Å². The van der Waals surface area contributed by atoms with Gasteiger partial charge in [-0.05, 0) is 38.8 Å². The molecule has 1 aromatic carbocycles. The summed E-state index contributed by atoms with van der Waals surface area (Å²) in [6.07, 6.45) is 0.823. The van der Waals surface area contributed by atoms with Gasteiger partial charge in [0.2, 0.25) is 0 Å². The molecule has 1 aliphatic heterocycles. The minimum absolute atomic E-state index is 0.0439. The van der Waals surface area contributed by atoms with Gasteiger partial charge in [-0.25, -0.2) is 0 Å². The molecule has 0 fully saturated rings. The van der Waals surface area contributed by atoms with Gasteiger partial charge in [-0.3, -0.25) is 4.79 Å². The lowest BCUT2D eigenvalue weighted by Crippen LogP contribution is -2.47. The Bertz CT molecular complexity index is 440. The molecule has 0 bridgehead atoms. The van der Waals surface area contributed by atoms with Crippen LogP contribution < -0.4 is 4.90 Å². The molecule has 0 spiro atoms. The Balaban J connectivity index is 2.39. The summed E-state index contributed by atoms with van der Waals surface area (Å²) in [4.78, 5) is 13.6. The number of carboxylic acid groups (broad SMARTS) is 1. The van der Waals surface area contributed by atoms with E-state index in [4.69, 9.17) is 0 Å². The first-order valence-electron chi connectivity index (χ1n) is 6.06. The second kappa shape index (κ2) is 4.06. The Hall–Kier alpha value is -1.51. The molecule has 17 heavy (non-hydrogen) atoms. The monoisotopic (exact) mass is 233 g/mol. The number of anilines is 1. The van der Waals surface area contributed by atoms with Crippen LogP contribution in [0.25, 0.3) is 0 Å². The van der Waals surface area contributed by atoms with Gasteiger partial charge in [0.05, 0.1) is 5.41 Å². The van der Waals surface area contributed by atoms with Crippen molar-refractivity contribution in [1.82, 2.24) is 0 Å². The van der Waals surface area contributed by atoms with Gasteiger partial charge in [-0.2, -0.15) is 0 Å². The van der Waals surface area contributed by atoms with E-state index in [0.717, 1.165) is 13.0 Å². The Morgan fingerprint density at radius 3 is 2.71 bits per heavy atom. The van der Waals surface area contributed by atoms with Crippen LogP contribution in [0, 0.1) is 5.41 Å². The van der Waals surface area contributed by atoms with Crippen molar-refractivity contribution >= 4 is 11.7 Å². The van der Waals surface area contributed by atoms with Gasteiger partial charge in [-0.15, -0.1) is 0 Å². The zero-order valence-corrected chi connectivity index (χ0v) is 10.6. The molecule has 0 aliphatic carbocycles. The molecule has 1 heterocycles. The molecule has 2 rings (SSSR count). The normalized spacial score (nSPS) is 19.2. The molecular formula is C14H19NO2. The van der Waals surface area contributed by atoms with Gasteiger partial charge in [0, 0.05) is 18.3 Å². The lowest BCUT2D eigenvalue weighted by molar-refractivity contribution is -0.148. The molecule has 3 heteroatoms. The van der Waals surface area contributed by atoms with Crippen LogP contribution >= 0.6 is 0 Å². The predicted molar refractivity (Wildman–Crippen MR) is 68.4 cm³/mol. The fourth-order valence-corrected chi connectivity index (χ4v) is 2.63. The molecule has 1 atom stereocenters. The molecule has 0 saturated carbocycles. The minimum Gasteiger partial charge on any atom is -0.481 e. The quantitative estimate of drug-likeness (QED) is 0.872. The summed E-state index contributed by atoms with van der Waals surface area (Å²) in [5.41, 5.74) is 1.72. The smallest absolute Gasteiger partial charge is 0.311 e. The molecule has 1 N–H and O–H groups in total. The zero-order chi connectivity index (χ0) is 12.6. The highest BCUT2D eigenvalue weighted by molar-refractivity contribution is 5.77. The van der Waals surface area contributed by atoms with Crippen LogP contribution in [0.3, 0.4) is 0 Å². The van der Waals surface area contributed by atoms with Crippen LogP contribution in [-0.2, 0) is 11.2 Å². The third-order valence-electron chi connectivity index (χ3n) is 3.82. The number of carboxylic acids is 1. The fourth-order valence-electron chi connectivity index (χ4n) is 2.63. The van der Waals surface area contributed by atoms with E-state index in [1.54, 1.807) is 0 Å². The first kappa shape index (κ1) is 12.0. The van der Waals surface area contributed by atoms with Gasteiger partial charge in [0.15, 0.2) is 0 Å². The summed E-state index contributed by atoms with van der Waals surface area (Å²) in [5.74, 6) is -0.728. The third kappa shape index (κ3) is 1.79. The summed E-state index contributed by atoms with van der Waals surface area (Å²) >= 11 is 0. The van der Waals surface area contributed by atoms with Crippen molar-refractivity contribution < 1.29 is 9.90 Å². The highest BCUT2D eigenvalue weighted by Gasteiger charge is 2.43. The molecule has 0 aromatic heterocycles. The van der Waals surface area contributed by atoms with E-state index in [2.05, 4.69) is 24.0 Å². The van der Waals surface area contributed by atoms with E-state index < -0.39 is 11.4 Å². The average molecular weight is 233 g/mol. The number of benzene rings is 1. The van der Waals surface area contributed by atoms with E-state index >= 15 is 0 Å². The van der Waals surface area contributed by atoms with Crippen LogP contribution in [-0.4, -0.2) is 23.7 Å². The maximum atomic E-state index is 11.4. The third-order valence-corrected chi connectivity index (χ3v) is 3.82. The maximum Gasteiger partial charge on any atom is 0.311 e. The number of nitrogens with zero attached hydrogens (tertiary/aromatic N) is 1. The number of rotatable bonds is 3. The summed E-state index contributed by atoms with van der Waals surface area (Å²) in [5, 5.41) is 9.37. The zero-order valence-electron chi connectivity index (χ0n) is 10.6. The Kier molecular flexibility index (Phi) is 2.86. The van der Waals surface area contributed by atoms with Crippen LogP contribution in [0.1, 0.15) is 26.3 Å². The highest BCUT2D eigenvalue weighted by atomic mass is 16.4. The number of aliphatic carboxylic acids is 1. The van der Waals surface area contributed by atoms with Crippen LogP contribution in [0.2, 0.25) is 0 Å². The van der Waals surface area contributed by atoms with E-state index in [1.165, 1.54) is 11.3 Å². The van der Waals surface area contributed by atoms with Gasteiger partial charge in [0.1, 0.15) is 0 Å². The highest BCUT2D eigenvalue weighted by Crippen LogP contribution is 2.39.